The number of rotatable bonds is 6. The van der Waals surface area contributed by atoms with Crippen LogP contribution < -0.4 is 10.6 Å². The molecule has 25 heavy (non-hydrogen) atoms. The molecular weight excluding hydrogens is 331 g/mol. The summed E-state index contributed by atoms with van der Waals surface area (Å²) >= 11 is 0. The maximum absolute atomic E-state index is 13.6. The van der Waals surface area contributed by atoms with Gasteiger partial charge in [-0.1, -0.05) is 24.3 Å². The summed E-state index contributed by atoms with van der Waals surface area (Å²) in [6.45, 7) is 0.410. The van der Waals surface area contributed by atoms with Gasteiger partial charge in [0.1, 0.15) is 23.1 Å². The Bertz CT molecular complexity index is 852. The number of hydrogen-bond donors (Lipinski definition) is 2. The maximum Gasteiger partial charge on any atom is 0.249 e. The minimum Gasteiger partial charge on any atom is -0.368 e. The summed E-state index contributed by atoms with van der Waals surface area (Å²) in [6, 6.07) is 9.98. The first kappa shape index (κ1) is 16.7. The summed E-state index contributed by atoms with van der Waals surface area (Å²) in [5, 5.41) is 12.8. The van der Waals surface area contributed by atoms with Crippen LogP contribution in [0.3, 0.4) is 0 Å². The number of para-hydroxylation sites is 1. The van der Waals surface area contributed by atoms with Crippen molar-refractivity contribution in [1.82, 2.24) is 15.2 Å². The zero-order chi connectivity index (χ0) is 17.6. The zero-order valence-corrected chi connectivity index (χ0v) is 13.0. The normalized spacial score (nSPS) is 10.5. The molecule has 8 heteroatoms. The monoisotopic (exact) mass is 345 g/mol. The van der Waals surface area contributed by atoms with Crippen LogP contribution in [0.5, 0.6) is 0 Å². The number of halogens is 3. The van der Waals surface area contributed by atoms with E-state index in [4.69, 9.17) is 0 Å². The Hall–Kier alpha value is -3.16. The molecule has 0 bridgehead atoms. The lowest BCUT2D eigenvalue weighted by atomic mass is 10.1. The first-order valence-corrected chi connectivity index (χ1v) is 7.51. The summed E-state index contributed by atoms with van der Waals surface area (Å²) in [4.78, 5) is 4.08. The zero-order valence-electron chi connectivity index (χ0n) is 13.0. The standard InChI is InChI=1S/C17H14F3N5/c18-12-5-2-1-4-11(12)8-9-21-15-10-22-25-17(23-15)24-16-13(19)6-3-7-14(16)20/h1-7,10H,8-9H2,(H2,21,23,24,25). The molecule has 3 rings (SSSR count). The van der Waals surface area contributed by atoms with Crippen molar-refractivity contribution in [3.8, 4) is 0 Å². The minimum atomic E-state index is -0.762. The number of nitrogens with one attached hydrogen (secondary N) is 2. The number of aromatic nitrogens is 3. The van der Waals surface area contributed by atoms with Crippen molar-refractivity contribution in [3.05, 3.63) is 71.7 Å². The van der Waals surface area contributed by atoms with Crippen molar-refractivity contribution in [1.29, 1.82) is 0 Å². The topological polar surface area (TPSA) is 62.7 Å². The van der Waals surface area contributed by atoms with E-state index in [1.54, 1.807) is 18.2 Å². The van der Waals surface area contributed by atoms with Crippen LogP contribution in [0.15, 0.2) is 48.7 Å². The van der Waals surface area contributed by atoms with Crippen molar-refractivity contribution < 1.29 is 13.2 Å². The Labute approximate surface area is 141 Å². The summed E-state index contributed by atoms with van der Waals surface area (Å²) in [5.41, 5.74) is 0.219. The fraction of sp³-hybridized carbons (Fsp3) is 0.118. The molecule has 0 fully saturated rings. The van der Waals surface area contributed by atoms with Gasteiger partial charge in [-0.2, -0.15) is 10.1 Å². The van der Waals surface area contributed by atoms with Gasteiger partial charge < -0.3 is 10.6 Å². The van der Waals surface area contributed by atoms with Crippen LogP contribution in [-0.2, 0) is 6.42 Å². The third-order valence-electron chi connectivity index (χ3n) is 3.42. The van der Waals surface area contributed by atoms with Crippen LogP contribution in [0, 0.1) is 17.5 Å². The van der Waals surface area contributed by atoms with E-state index in [1.807, 2.05) is 0 Å². The van der Waals surface area contributed by atoms with Gasteiger partial charge in [0.25, 0.3) is 0 Å². The number of nitrogens with zero attached hydrogens (tertiary/aromatic N) is 3. The molecule has 0 aliphatic heterocycles. The van der Waals surface area contributed by atoms with Crippen molar-refractivity contribution >= 4 is 17.5 Å². The Balaban J connectivity index is 1.65. The lowest BCUT2D eigenvalue weighted by molar-refractivity contribution is 0.590. The molecule has 128 valence electrons. The van der Waals surface area contributed by atoms with E-state index in [1.165, 1.54) is 18.3 Å². The van der Waals surface area contributed by atoms with Crippen LogP contribution in [-0.4, -0.2) is 21.7 Å². The Morgan fingerprint density at radius 1 is 0.880 bits per heavy atom. The molecule has 2 N–H and O–H groups in total. The van der Waals surface area contributed by atoms with E-state index < -0.39 is 11.6 Å². The van der Waals surface area contributed by atoms with Gasteiger partial charge in [0.15, 0.2) is 5.82 Å². The van der Waals surface area contributed by atoms with Gasteiger partial charge in [-0.05, 0) is 30.2 Å². The smallest absolute Gasteiger partial charge is 0.249 e. The number of benzene rings is 2. The molecule has 0 aliphatic carbocycles. The van der Waals surface area contributed by atoms with E-state index in [0.717, 1.165) is 12.1 Å². The molecule has 1 heterocycles. The predicted octanol–water partition coefficient (Wildman–Crippen LogP) is 3.69. The van der Waals surface area contributed by atoms with Gasteiger partial charge in [0, 0.05) is 6.54 Å². The Morgan fingerprint density at radius 2 is 1.60 bits per heavy atom. The molecule has 1 aromatic heterocycles. The molecule has 0 saturated carbocycles. The number of anilines is 3. The highest BCUT2D eigenvalue weighted by Crippen LogP contribution is 2.21. The molecule has 0 radical (unpaired) electrons. The fourth-order valence-corrected chi connectivity index (χ4v) is 2.20. The van der Waals surface area contributed by atoms with Crippen molar-refractivity contribution in [2.45, 2.75) is 6.42 Å². The largest absolute Gasteiger partial charge is 0.368 e. The summed E-state index contributed by atoms with van der Waals surface area (Å²) in [6.07, 6.45) is 1.81. The second-order valence-electron chi connectivity index (χ2n) is 5.16. The van der Waals surface area contributed by atoms with Crippen LogP contribution >= 0.6 is 0 Å². The van der Waals surface area contributed by atoms with Gasteiger partial charge in [-0.25, -0.2) is 13.2 Å². The predicted molar refractivity (Wildman–Crippen MR) is 88.1 cm³/mol. The molecule has 5 nitrogen and oxygen atoms in total. The third kappa shape index (κ3) is 4.23. The first-order valence-electron chi connectivity index (χ1n) is 7.51. The molecule has 0 amide bonds. The van der Waals surface area contributed by atoms with Gasteiger partial charge in [0.05, 0.1) is 6.20 Å². The number of hydrogen-bond acceptors (Lipinski definition) is 5. The highest BCUT2D eigenvalue weighted by molar-refractivity contribution is 5.55. The Morgan fingerprint density at radius 3 is 2.36 bits per heavy atom. The molecule has 0 aliphatic rings. The lowest BCUT2D eigenvalue weighted by Crippen LogP contribution is -2.10. The van der Waals surface area contributed by atoms with Crippen LogP contribution in [0.2, 0.25) is 0 Å². The van der Waals surface area contributed by atoms with E-state index in [0.29, 0.717) is 24.3 Å². The SMILES string of the molecule is Fc1ccccc1CCNc1cnnc(Nc2c(F)cccc2F)n1. The van der Waals surface area contributed by atoms with E-state index in [9.17, 15) is 13.2 Å². The van der Waals surface area contributed by atoms with Gasteiger partial charge in [-0.15, -0.1) is 5.10 Å². The van der Waals surface area contributed by atoms with Gasteiger partial charge in [-0.3, -0.25) is 0 Å². The van der Waals surface area contributed by atoms with Gasteiger partial charge in [0.2, 0.25) is 5.95 Å². The minimum absolute atomic E-state index is 0.0557. The average molecular weight is 345 g/mol. The van der Waals surface area contributed by atoms with E-state index >= 15 is 0 Å². The van der Waals surface area contributed by atoms with Crippen molar-refractivity contribution in [2.24, 2.45) is 0 Å². The maximum atomic E-state index is 13.6. The molecule has 2 aromatic carbocycles. The highest BCUT2D eigenvalue weighted by Gasteiger charge is 2.10. The summed E-state index contributed by atoms with van der Waals surface area (Å²) in [5.74, 6) is -1.50. The Kier molecular flexibility index (Phi) is 5.08. The van der Waals surface area contributed by atoms with Crippen molar-refractivity contribution in [3.63, 3.8) is 0 Å². The third-order valence-corrected chi connectivity index (χ3v) is 3.42. The van der Waals surface area contributed by atoms with Gasteiger partial charge >= 0.3 is 0 Å². The summed E-state index contributed by atoms with van der Waals surface area (Å²) in [7, 11) is 0. The highest BCUT2D eigenvalue weighted by atomic mass is 19.1. The van der Waals surface area contributed by atoms with Crippen LogP contribution in [0.25, 0.3) is 0 Å². The van der Waals surface area contributed by atoms with E-state index in [2.05, 4.69) is 25.8 Å². The summed E-state index contributed by atoms with van der Waals surface area (Å²) < 4.78 is 40.8. The molecule has 3 aromatic rings. The van der Waals surface area contributed by atoms with E-state index in [-0.39, 0.29) is 17.5 Å². The molecule has 0 spiro atoms. The first-order chi connectivity index (χ1) is 12.1. The lowest BCUT2D eigenvalue weighted by Gasteiger charge is -2.09. The molecular formula is C17H14F3N5. The average Bonchev–Trinajstić information content (AvgIpc) is 2.60. The second-order valence-corrected chi connectivity index (χ2v) is 5.16. The van der Waals surface area contributed by atoms with Crippen LogP contribution in [0.4, 0.5) is 30.6 Å². The van der Waals surface area contributed by atoms with Crippen molar-refractivity contribution in [2.75, 3.05) is 17.2 Å². The molecule has 0 saturated heterocycles. The fourth-order valence-electron chi connectivity index (χ4n) is 2.20. The molecule has 0 unspecified atom stereocenters. The van der Waals surface area contributed by atoms with Crippen LogP contribution in [0.1, 0.15) is 5.56 Å². The quantitative estimate of drug-likeness (QED) is 0.713. The molecule has 0 atom stereocenters. The second kappa shape index (κ2) is 7.61.